The molecule has 0 radical (unpaired) electrons. The van der Waals surface area contributed by atoms with Gasteiger partial charge in [-0.25, -0.2) is 0 Å². The summed E-state index contributed by atoms with van der Waals surface area (Å²) >= 11 is 1.77. The summed E-state index contributed by atoms with van der Waals surface area (Å²) in [4.78, 5) is 18.3. The molecule has 0 aromatic heterocycles. The first-order valence-corrected chi connectivity index (χ1v) is 14.5. The molecular weight excluding hydrogens is 496 g/mol. The zero-order chi connectivity index (χ0) is 26.1. The van der Waals surface area contributed by atoms with Crippen molar-refractivity contribution in [2.75, 3.05) is 13.2 Å². The molecule has 0 bridgehead atoms. The van der Waals surface area contributed by atoms with Gasteiger partial charge in [-0.2, -0.15) is 0 Å². The molecule has 1 atom stereocenters. The minimum absolute atomic E-state index is 0.186. The van der Waals surface area contributed by atoms with Crippen molar-refractivity contribution in [1.82, 2.24) is 0 Å². The molecule has 0 spiro atoms. The van der Waals surface area contributed by atoms with E-state index in [1.807, 2.05) is 39.0 Å². The van der Waals surface area contributed by atoms with Gasteiger partial charge in [-0.15, -0.1) is 0 Å². The lowest BCUT2D eigenvalue weighted by atomic mass is 9.91. The van der Waals surface area contributed by atoms with Gasteiger partial charge in [0.1, 0.15) is 19.0 Å². The van der Waals surface area contributed by atoms with Gasteiger partial charge in [-0.1, -0.05) is 55.1 Å². The van der Waals surface area contributed by atoms with E-state index in [1.54, 1.807) is 11.8 Å². The normalized spacial score (nSPS) is 12.1. The van der Waals surface area contributed by atoms with Gasteiger partial charge in [0, 0.05) is 9.79 Å². The quantitative estimate of drug-likeness (QED) is 0.111. The smallest absolute Gasteiger partial charge is 0.311 e. The van der Waals surface area contributed by atoms with Crippen molar-refractivity contribution in [3.05, 3.63) is 109 Å². The summed E-state index contributed by atoms with van der Waals surface area (Å²) in [6, 6.07) is 38.2. The fourth-order valence-corrected chi connectivity index (χ4v) is 6.44. The van der Waals surface area contributed by atoms with Crippen LogP contribution in [0.2, 0.25) is 0 Å². The SMILES string of the molecule is CCC(C)(C)C(=O)OCCOc1ccc([S+](c2ccccc2)c2ccc(Sc3ccccc3)cc2)cc1. The monoisotopic (exact) mass is 529 g/mol. The lowest BCUT2D eigenvalue weighted by Crippen LogP contribution is -2.27. The Labute approximate surface area is 227 Å². The number of hydrogen-bond donors (Lipinski definition) is 0. The van der Waals surface area contributed by atoms with E-state index in [4.69, 9.17) is 9.47 Å². The van der Waals surface area contributed by atoms with E-state index >= 15 is 0 Å². The molecule has 0 N–H and O–H groups in total. The molecule has 0 aliphatic heterocycles. The lowest BCUT2D eigenvalue weighted by molar-refractivity contribution is -0.154. The number of rotatable bonds is 11. The van der Waals surface area contributed by atoms with Crippen LogP contribution < -0.4 is 4.74 Å². The van der Waals surface area contributed by atoms with Gasteiger partial charge >= 0.3 is 5.97 Å². The Morgan fingerprint density at radius 2 is 1.22 bits per heavy atom. The molecule has 0 aliphatic rings. The Morgan fingerprint density at radius 3 is 1.81 bits per heavy atom. The molecule has 0 fully saturated rings. The zero-order valence-electron chi connectivity index (χ0n) is 21.6. The molecule has 190 valence electrons. The lowest BCUT2D eigenvalue weighted by Gasteiger charge is -2.20. The van der Waals surface area contributed by atoms with Gasteiger partial charge in [0.2, 0.25) is 0 Å². The van der Waals surface area contributed by atoms with Crippen LogP contribution in [0.4, 0.5) is 0 Å². The van der Waals surface area contributed by atoms with Gasteiger partial charge in [0.05, 0.1) is 16.3 Å². The number of carbonyl (C=O) groups is 1. The molecule has 0 heterocycles. The van der Waals surface area contributed by atoms with Gasteiger partial charge in [0.25, 0.3) is 0 Å². The van der Waals surface area contributed by atoms with Crippen molar-refractivity contribution >= 4 is 28.6 Å². The minimum atomic E-state index is -0.465. The predicted molar refractivity (Wildman–Crippen MR) is 153 cm³/mol. The molecule has 5 heteroatoms. The molecule has 0 saturated carbocycles. The average Bonchev–Trinajstić information content (AvgIpc) is 2.94. The van der Waals surface area contributed by atoms with Gasteiger partial charge in [-0.05, 0) is 93.1 Å². The molecule has 0 aliphatic carbocycles. The molecule has 37 heavy (non-hydrogen) atoms. The van der Waals surface area contributed by atoms with E-state index in [1.165, 1.54) is 24.5 Å². The maximum absolute atomic E-state index is 12.1. The number of carbonyl (C=O) groups excluding carboxylic acids is 1. The maximum Gasteiger partial charge on any atom is 0.311 e. The Hall–Kier alpha value is -3.15. The molecule has 0 amide bonds. The number of benzene rings is 4. The van der Waals surface area contributed by atoms with Crippen LogP contribution >= 0.6 is 11.8 Å². The topological polar surface area (TPSA) is 35.5 Å². The molecular formula is C32H33O3S2+. The third-order valence-corrected chi connectivity index (χ3v) is 9.34. The number of ether oxygens (including phenoxy) is 2. The van der Waals surface area contributed by atoms with Crippen LogP contribution in [0.1, 0.15) is 27.2 Å². The highest BCUT2D eigenvalue weighted by atomic mass is 32.2. The van der Waals surface area contributed by atoms with E-state index in [0.717, 1.165) is 12.2 Å². The van der Waals surface area contributed by atoms with E-state index in [2.05, 4.69) is 91.0 Å². The standard InChI is InChI=1S/C32H33O3S2/c1-4-32(2,3)31(33)35-24-23-34-25-15-19-29(20-16-25)37(28-13-9-6-10-14-28)30-21-17-27(18-22-30)36-26-11-7-5-8-12-26/h5-22H,4,23-24H2,1-3H3/q+1. The second-order valence-electron chi connectivity index (χ2n) is 9.20. The van der Waals surface area contributed by atoms with Gasteiger partial charge in [0.15, 0.2) is 14.7 Å². The number of esters is 1. The van der Waals surface area contributed by atoms with E-state index in [-0.39, 0.29) is 23.5 Å². The summed E-state index contributed by atoms with van der Waals surface area (Å²) in [5, 5.41) is 0. The number of hydrogen-bond acceptors (Lipinski definition) is 4. The summed E-state index contributed by atoms with van der Waals surface area (Å²) < 4.78 is 11.2. The average molecular weight is 530 g/mol. The van der Waals surface area contributed by atoms with Crippen LogP contribution in [0.5, 0.6) is 5.75 Å². The summed E-state index contributed by atoms with van der Waals surface area (Å²) in [6.07, 6.45) is 0.742. The minimum Gasteiger partial charge on any atom is -0.490 e. The van der Waals surface area contributed by atoms with Crippen molar-refractivity contribution in [3.8, 4) is 5.75 Å². The van der Waals surface area contributed by atoms with Crippen LogP contribution in [0.15, 0.2) is 134 Å². The van der Waals surface area contributed by atoms with Crippen molar-refractivity contribution < 1.29 is 14.3 Å². The first-order valence-electron chi connectivity index (χ1n) is 12.5. The van der Waals surface area contributed by atoms with Gasteiger partial charge in [-0.3, -0.25) is 4.79 Å². The Kier molecular flexibility index (Phi) is 9.37. The Morgan fingerprint density at radius 1 is 0.703 bits per heavy atom. The van der Waals surface area contributed by atoms with Crippen LogP contribution in [0.25, 0.3) is 0 Å². The van der Waals surface area contributed by atoms with Crippen molar-refractivity contribution in [3.63, 3.8) is 0 Å². The fourth-order valence-electron chi connectivity index (χ4n) is 3.54. The van der Waals surface area contributed by atoms with Crippen LogP contribution in [0, 0.1) is 5.41 Å². The predicted octanol–water partition coefficient (Wildman–Crippen LogP) is 8.29. The highest BCUT2D eigenvalue weighted by Crippen LogP contribution is 2.34. The fraction of sp³-hybridized carbons (Fsp3) is 0.219. The first kappa shape index (κ1) is 26.9. The molecule has 4 aromatic carbocycles. The third kappa shape index (κ3) is 7.43. The molecule has 3 nitrogen and oxygen atoms in total. The molecule has 4 aromatic rings. The van der Waals surface area contributed by atoms with Crippen molar-refractivity contribution in [2.45, 2.75) is 51.7 Å². The van der Waals surface area contributed by atoms with Crippen molar-refractivity contribution in [2.24, 2.45) is 5.41 Å². The van der Waals surface area contributed by atoms with E-state index in [9.17, 15) is 4.79 Å². The van der Waals surface area contributed by atoms with E-state index < -0.39 is 5.41 Å². The van der Waals surface area contributed by atoms with Gasteiger partial charge < -0.3 is 9.47 Å². The second-order valence-corrected chi connectivity index (χ2v) is 12.4. The van der Waals surface area contributed by atoms with Crippen molar-refractivity contribution in [1.29, 1.82) is 0 Å². The van der Waals surface area contributed by atoms with E-state index in [0.29, 0.717) is 6.61 Å². The third-order valence-electron chi connectivity index (χ3n) is 6.10. The molecule has 0 saturated heterocycles. The highest BCUT2D eigenvalue weighted by molar-refractivity contribution is 7.99. The Balaban J connectivity index is 1.45. The molecule has 4 rings (SSSR count). The molecule has 1 unspecified atom stereocenters. The Bertz CT molecular complexity index is 1260. The van der Waals surface area contributed by atoms with Crippen LogP contribution in [-0.4, -0.2) is 19.2 Å². The summed E-state index contributed by atoms with van der Waals surface area (Å²) in [6.45, 7) is 6.35. The second kappa shape index (κ2) is 12.9. The van der Waals surface area contributed by atoms with Crippen LogP contribution in [0.3, 0.4) is 0 Å². The highest BCUT2D eigenvalue weighted by Gasteiger charge is 2.29. The summed E-state index contributed by atoms with van der Waals surface area (Å²) in [5.74, 6) is 0.579. The van der Waals surface area contributed by atoms with Crippen LogP contribution in [-0.2, 0) is 20.4 Å². The summed E-state index contributed by atoms with van der Waals surface area (Å²) in [5.41, 5.74) is -0.465. The first-order chi connectivity index (χ1) is 18.0. The zero-order valence-corrected chi connectivity index (χ0v) is 23.2. The summed E-state index contributed by atoms with van der Waals surface area (Å²) in [7, 11) is -0.236. The maximum atomic E-state index is 12.1. The largest absolute Gasteiger partial charge is 0.490 e.